The quantitative estimate of drug-likeness (QED) is 0.119. The number of carbonyl (C=O) groups is 4. The number of urea groups is 1. The van der Waals surface area contributed by atoms with Gasteiger partial charge in [0, 0.05) is 15.7 Å². The van der Waals surface area contributed by atoms with Crippen LogP contribution in [-0.4, -0.2) is 57.0 Å². The van der Waals surface area contributed by atoms with Gasteiger partial charge in [-0.25, -0.2) is 19.8 Å². The van der Waals surface area contributed by atoms with Gasteiger partial charge in [0.15, 0.2) is 18.1 Å². The molecule has 3 amide bonds. The Kier molecular flexibility index (Phi) is 12.5. The number of carbonyl (C=O) groups excluding carboxylic acids is 4. The van der Waals surface area contributed by atoms with E-state index in [0.717, 1.165) is 10.0 Å². The second-order valence-electron chi connectivity index (χ2n) is 10.2. The van der Waals surface area contributed by atoms with Gasteiger partial charge in [0.2, 0.25) is 0 Å². The van der Waals surface area contributed by atoms with Crippen molar-refractivity contribution in [1.82, 2.24) is 16.1 Å². The van der Waals surface area contributed by atoms with Crippen molar-refractivity contribution in [2.45, 2.75) is 33.4 Å². The number of hydrazone groups is 1. The topological polar surface area (TPSA) is 163 Å². The standard InChI is InChI=1S/C34H35BrN4O9/c1-5-45-32(41)22-9-7-21(8-10-22)18-47-26-14-12-25(35)15-24(26)17-36-39-29(40)19-48-27-13-11-23(16-28(27)44-4)31-30(33(42)46-6-2)20(3)37-34(43)38-31/h7-17,31H,5-6,18-19H2,1-4H3,(H,39,40)(H2,37,38,43)/b36-17+/t31-/m1/s1. The van der Waals surface area contributed by atoms with Crippen molar-refractivity contribution < 1.29 is 42.9 Å². The molecule has 3 N–H and O–H groups in total. The SMILES string of the molecule is CCOC(=O)C1=C(C)NC(=O)N[C@@H]1c1ccc(OCC(=O)N/N=C/c2cc(Br)ccc2OCc2ccc(C(=O)OCC)cc2)c(OC)c1. The van der Waals surface area contributed by atoms with Crippen LogP contribution in [0.25, 0.3) is 0 Å². The summed E-state index contributed by atoms with van der Waals surface area (Å²) in [7, 11) is 1.43. The lowest BCUT2D eigenvalue weighted by Crippen LogP contribution is -2.45. The summed E-state index contributed by atoms with van der Waals surface area (Å²) >= 11 is 3.44. The zero-order valence-corrected chi connectivity index (χ0v) is 28.3. The molecule has 0 aliphatic carbocycles. The molecule has 0 fully saturated rings. The van der Waals surface area contributed by atoms with Crippen LogP contribution in [0.3, 0.4) is 0 Å². The van der Waals surface area contributed by atoms with Crippen LogP contribution in [0.1, 0.15) is 53.9 Å². The van der Waals surface area contributed by atoms with E-state index in [0.29, 0.717) is 34.7 Å². The third-order valence-corrected chi connectivity index (χ3v) is 7.36. The van der Waals surface area contributed by atoms with E-state index >= 15 is 0 Å². The molecule has 252 valence electrons. The predicted molar refractivity (Wildman–Crippen MR) is 179 cm³/mol. The van der Waals surface area contributed by atoms with Crippen molar-refractivity contribution >= 4 is 46.0 Å². The maximum Gasteiger partial charge on any atom is 0.338 e. The summed E-state index contributed by atoms with van der Waals surface area (Å²) in [6, 6.07) is 15.9. The van der Waals surface area contributed by atoms with E-state index in [1.807, 2.05) is 6.07 Å². The van der Waals surface area contributed by atoms with Crippen LogP contribution < -0.4 is 30.3 Å². The van der Waals surface area contributed by atoms with E-state index in [1.54, 1.807) is 75.4 Å². The van der Waals surface area contributed by atoms with Gasteiger partial charge in [0.05, 0.1) is 43.7 Å². The van der Waals surface area contributed by atoms with Crippen LogP contribution in [0.15, 0.2) is 81.5 Å². The Labute approximate surface area is 285 Å². The highest BCUT2D eigenvalue weighted by Gasteiger charge is 2.32. The van der Waals surface area contributed by atoms with E-state index in [2.05, 4.69) is 37.1 Å². The van der Waals surface area contributed by atoms with E-state index in [4.69, 9.17) is 23.7 Å². The molecule has 4 rings (SSSR count). The van der Waals surface area contributed by atoms with E-state index < -0.39 is 23.9 Å². The maximum atomic E-state index is 12.6. The Bertz CT molecular complexity index is 1720. The number of amides is 3. The fourth-order valence-electron chi connectivity index (χ4n) is 4.62. The molecular formula is C34H35BrN4O9. The molecule has 0 saturated heterocycles. The average molecular weight is 724 g/mol. The molecule has 1 heterocycles. The minimum absolute atomic E-state index is 0.173. The molecule has 0 radical (unpaired) electrons. The van der Waals surface area contributed by atoms with E-state index in [1.165, 1.54) is 13.3 Å². The highest BCUT2D eigenvalue weighted by atomic mass is 79.9. The molecule has 0 spiro atoms. The fraction of sp³-hybridized carbons (Fsp3) is 0.265. The predicted octanol–water partition coefficient (Wildman–Crippen LogP) is 4.93. The summed E-state index contributed by atoms with van der Waals surface area (Å²) in [5.74, 6) is -0.421. The molecule has 0 aromatic heterocycles. The monoisotopic (exact) mass is 722 g/mol. The Morgan fingerprint density at radius 3 is 2.33 bits per heavy atom. The third-order valence-electron chi connectivity index (χ3n) is 6.87. The molecule has 3 aromatic rings. The van der Waals surface area contributed by atoms with Gasteiger partial charge in [-0.3, -0.25) is 4.79 Å². The molecule has 1 aliphatic rings. The number of benzene rings is 3. The fourth-order valence-corrected chi connectivity index (χ4v) is 5.00. The van der Waals surface area contributed by atoms with Crippen LogP contribution in [0.5, 0.6) is 17.2 Å². The Morgan fingerprint density at radius 1 is 0.917 bits per heavy atom. The number of esters is 2. The number of hydrogen-bond donors (Lipinski definition) is 3. The highest BCUT2D eigenvalue weighted by molar-refractivity contribution is 9.10. The van der Waals surface area contributed by atoms with Gasteiger partial charge in [-0.2, -0.15) is 5.10 Å². The molecular weight excluding hydrogens is 688 g/mol. The normalized spacial score (nSPS) is 14.1. The van der Waals surface area contributed by atoms with Crippen LogP contribution in [0.4, 0.5) is 4.79 Å². The van der Waals surface area contributed by atoms with E-state index in [9.17, 15) is 19.2 Å². The van der Waals surface area contributed by atoms with Gasteiger partial charge in [-0.1, -0.05) is 34.1 Å². The summed E-state index contributed by atoms with van der Waals surface area (Å²) in [6.07, 6.45) is 1.45. The van der Waals surface area contributed by atoms with Gasteiger partial charge < -0.3 is 34.3 Å². The Balaban J connectivity index is 1.36. The summed E-state index contributed by atoms with van der Waals surface area (Å²) in [4.78, 5) is 49.3. The zero-order valence-electron chi connectivity index (χ0n) is 26.8. The number of allylic oxidation sites excluding steroid dienone is 1. The number of nitrogens with zero attached hydrogens (tertiary/aromatic N) is 1. The van der Waals surface area contributed by atoms with Gasteiger partial charge >= 0.3 is 18.0 Å². The molecule has 48 heavy (non-hydrogen) atoms. The van der Waals surface area contributed by atoms with Crippen molar-refractivity contribution in [3.05, 3.63) is 98.7 Å². The van der Waals surface area contributed by atoms with Crippen LogP contribution in [0, 0.1) is 0 Å². The lowest BCUT2D eigenvalue weighted by Gasteiger charge is -2.28. The first-order valence-electron chi connectivity index (χ1n) is 14.9. The largest absolute Gasteiger partial charge is 0.493 e. The van der Waals surface area contributed by atoms with Crippen molar-refractivity contribution in [1.29, 1.82) is 0 Å². The lowest BCUT2D eigenvalue weighted by atomic mass is 9.95. The number of ether oxygens (including phenoxy) is 5. The minimum atomic E-state index is -0.790. The molecule has 14 heteroatoms. The van der Waals surface area contributed by atoms with Gasteiger partial charge in [0.25, 0.3) is 5.91 Å². The smallest absolute Gasteiger partial charge is 0.338 e. The van der Waals surface area contributed by atoms with Gasteiger partial charge in [-0.05, 0) is 74.4 Å². The number of nitrogens with one attached hydrogen (secondary N) is 3. The second-order valence-corrected chi connectivity index (χ2v) is 11.1. The summed E-state index contributed by atoms with van der Waals surface area (Å²) in [5, 5.41) is 9.37. The zero-order chi connectivity index (χ0) is 34.6. The van der Waals surface area contributed by atoms with Gasteiger partial charge in [0.1, 0.15) is 12.4 Å². The molecule has 0 bridgehead atoms. The first-order valence-corrected chi connectivity index (χ1v) is 15.7. The number of hydrogen-bond acceptors (Lipinski definition) is 10. The second kappa shape index (κ2) is 17.0. The highest BCUT2D eigenvalue weighted by Crippen LogP contribution is 2.34. The van der Waals surface area contributed by atoms with Crippen molar-refractivity contribution in [3.8, 4) is 17.2 Å². The number of methoxy groups -OCH3 is 1. The summed E-state index contributed by atoms with van der Waals surface area (Å²) < 4.78 is 28.1. The lowest BCUT2D eigenvalue weighted by molar-refractivity contribution is -0.139. The molecule has 0 saturated carbocycles. The van der Waals surface area contributed by atoms with Crippen LogP contribution in [0.2, 0.25) is 0 Å². The van der Waals surface area contributed by atoms with Crippen molar-refractivity contribution in [2.75, 3.05) is 26.9 Å². The van der Waals surface area contributed by atoms with Crippen molar-refractivity contribution in [2.24, 2.45) is 5.10 Å². The summed E-state index contributed by atoms with van der Waals surface area (Å²) in [6.45, 7) is 5.39. The summed E-state index contributed by atoms with van der Waals surface area (Å²) in [5.41, 5.74) is 5.51. The Morgan fingerprint density at radius 2 is 1.62 bits per heavy atom. The third kappa shape index (κ3) is 9.35. The average Bonchev–Trinajstić information content (AvgIpc) is 3.07. The molecule has 1 atom stereocenters. The minimum Gasteiger partial charge on any atom is -0.493 e. The first kappa shape index (κ1) is 35.5. The number of rotatable bonds is 14. The molecule has 0 unspecified atom stereocenters. The van der Waals surface area contributed by atoms with Crippen LogP contribution in [-0.2, 0) is 25.7 Å². The first-order chi connectivity index (χ1) is 23.1. The number of halogens is 1. The molecule has 1 aliphatic heterocycles. The molecule has 13 nitrogen and oxygen atoms in total. The van der Waals surface area contributed by atoms with E-state index in [-0.39, 0.29) is 42.9 Å². The maximum absolute atomic E-state index is 12.6. The molecule has 3 aromatic carbocycles. The van der Waals surface area contributed by atoms with Crippen molar-refractivity contribution in [3.63, 3.8) is 0 Å². The Hall–Kier alpha value is -5.37. The van der Waals surface area contributed by atoms with Gasteiger partial charge in [-0.15, -0.1) is 0 Å². The van der Waals surface area contributed by atoms with Crippen LogP contribution >= 0.6 is 15.9 Å².